The molecule has 0 aliphatic rings. The number of hydrogen-bond donors (Lipinski definition) is 2. The van der Waals surface area contributed by atoms with E-state index >= 15 is 0 Å². The van der Waals surface area contributed by atoms with Crippen LogP contribution in [0.15, 0.2) is 46.9 Å². The van der Waals surface area contributed by atoms with Crippen LogP contribution in [0.1, 0.15) is 21.5 Å². The molecule has 0 aliphatic carbocycles. The van der Waals surface area contributed by atoms with E-state index in [1.807, 2.05) is 25.1 Å². The number of hydrogen-bond acceptors (Lipinski definition) is 2. The summed E-state index contributed by atoms with van der Waals surface area (Å²) >= 11 is 8.39. The molecule has 0 heterocycles. The molecule has 5 heteroatoms. The molecule has 102 valence electrons. The number of para-hydroxylation sites is 1. The molecule has 0 radical (unpaired) electrons. The third-order valence-electron chi connectivity index (χ3n) is 2.87. The van der Waals surface area contributed by atoms with E-state index < -0.39 is 0 Å². The second-order valence-corrected chi connectivity index (χ2v) is 5.62. The summed E-state index contributed by atoms with van der Waals surface area (Å²) in [6.07, 6.45) is 0. The van der Waals surface area contributed by atoms with Crippen molar-refractivity contribution in [2.45, 2.75) is 6.92 Å². The van der Waals surface area contributed by atoms with Crippen molar-refractivity contribution in [2.75, 3.05) is 5.32 Å². The molecule has 2 aromatic rings. The monoisotopic (exact) mass is 348 g/mol. The molecule has 1 amide bonds. The number of benzene rings is 2. The quantitative estimate of drug-likeness (QED) is 0.832. The van der Waals surface area contributed by atoms with Crippen molar-refractivity contribution in [2.24, 2.45) is 5.73 Å². The van der Waals surface area contributed by atoms with Crippen LogP contribution in [-0.4, -0.2) is 10.9 Å². The second kappa shape index (κ2) is 6.15. The lowest BCUT2D eigenvalue weighted by molar-refractivity contribution is 0.102. The van der Waals surface area contributed by atoms with Crippen LogP contribution < -0.4 is 11.1 Å². The minimum Gasteiger partial charge on any atom is -0.389 e. The fraction of sp³-hybridized carbons (Fsp3) is 0.0667. The van der Waals surface area contributed by atoms with Crippen LogP contribution in [0.5, 0.6) is 0 Å². The van der Waals surface area contributed by atoms with Gasteiger partial charge in [-0.05, 0) is 36.8 Å². The van der Waals surface area contributed by atoms with Crippen molar-refractivity contribution < 1.29 is 4.79 Å². The van der Waals surface area contributed by atoms with Gasteiger partial charge in [-0.3, -0.25) is 4.79 Å². The third-order valence-corrected chi connectivity index (χ3v) is 3.95. The van der Waals surface area contributed by atoms with Crippen LogP contribution in [0.2, 0.25) is 0 Å². The lowest BCUT2D eigenvalue weighted by Crippen LogP contribution is -2.17. The summed E-state index contributed by atoms with van der Waals surface area (Å²) in [5.41, 5.74) is 8.56. The SMILES string of the molecule is Cc1ccc(C(=O)Nc2ccccc2C(N)=S)cc1Br. The molecule has 0 bridgehead atoms. The minimum atomic E-state index is -0.200. The largest absolute Gasteiger partial charge is 0.389 e. The van der Waals surface area contributed by atoms with Gasteiger partial charge >= 0.3 is 0 Å². The van der Waals surface area contributed by atoms with E-state index in [0.717, 1.165) is 10.0 Å². The molecule has 0 atom stereocenters. The zero-order valence-electron chi connectivity index (χ0n) is 10.8. The predicted molar refractivity (Wildman–Crippen MR) is 89.2 cm³/mol. The molecule has 3 N–H and O–H groups in total. The van der Waals surface area contributed by atoms with Crippen molar-refractivity contribution in [3.63, 3.8) is 0 Å². The summed E-state index contributed by atoms with van der Waals surface area (Å²) in [7, 11) is 0. The van der Waals surface area contributed by atoms with Gasteiger partial charge in [0.2, 0.25) is 0 Å². The number of anilines is 1. The highest BCUT2D eigenvalue weighted by Crippen LogP contribution is 2.20. The van der Waals surface area contributed by atoms with Crippen molar-refractivity contribution in [3.8, 4) is 0 Å². The molecule has 20 heavy (non-hydrogen) atoms. The first-order valence-electron chi connectivity index (χ1n) is 5.95. The number of thiocarbonyl (C=S) groups is 1. The minimum absolute atomic E-state index is 0.200. The van der Waals surface area contributed by atoms with E-state index in [0.29, 0.717) is 16.8 Å². The lowest BCUT2D eigenvalue weighted by Gasteiger charge is -2.10. The highest BCUT2D eigenvalue weighted by atomic mass is 79.9. The van der Waals surface area contributed by atoms with Gasteiger partial charge in [0, 0.05) is 15.6 Å². The van der Waals surface area contributed by atoms with E-state index in [1.54, 1.807) is 24.3 Å². The van der Waals surface area contributed by atoms with Gasteiger partial charge in [0.15, 0.2) is 0 Å². The first kappa shape index (κ1) is 14.7. The normalized spacial score (nSPS) is 10.1. The Hall–Kier alpha value is -1.72. The first-order valence-corrected chi connectivity index (χ1v) is 7.15. The fourth-order valence-corrected chi connectivity index (χ4v) is 2.29. The van der Waals surface area contributed by atoms with Gasteiger partial charge in [-0.25, -0.2) is 0 Å². The number of rotatable bonds is 3. The number of aryl methyl sites for hydroxylation is 1. The van der Waals surface area contributed by atoms with Crippen LogP contribution in [0, 0.1) is 6.92 Å². The molecule has 0 spiro atoms. The van der Waals surface area contributed by atoms with E-state index in [1.165, 1.54) is 0 Å². The summed E-state index contributed by atoms with van der Waals surface area (Å²) in [5.74, 6) is -0.200. The molecule has 2 rings (SSSR count). The van der Waals surface area contributed by atoms with Crippen LogP contribution in [-0.2, 0) is 0 Å². The molecule has 0 saturated carbocycles. The van der Waals surface area contributed by atoms with Crippen molar-refractivity contribution in [1.29, 1.82) is 0 Å². The van der Waals surface area contributed by atoms with E-state index in [-0.39, 0.29) is 10.9 Å². The van der Waals surface area contributed by atoms with Crippen LogP contribution in [0.25, 0.3) is 0 Å². The maximum Gasteiger partial charge on any atom is 0.255 e. The second-order valence-electron chi connectivity index (χ2n) is 4.33. The maximum atomic E-state index is 12.2. The zero-order valence-corrected chi connectivity index (χ0v) is 13.2. The van der Waals surface area contributed by atoms with E-state index in [2.05, 4.69) is 21.2 Å². The highest BCUT2D eigenvalue weighted by molar-refractivity contribution is 9.10. The lowest BCUT2D eigenvalue weighted by atomic mass is 10.1. The molecular weight excluding hydrogens is 336 g/mol. The van der Waals surface area contributed by atoms with Crippen LogP contribution in [0.3, 0.4) is 0 Å². The number of nitrogens with one attached hydrogen (secondary N) is 1. The highest BCUT2D eigenvalue weighted by Gasteiger charge is 2.11. The van der Waals surface area contributed by atoms with Gasteiger partial charge in [-0.2, -0.15) is 0 Å². The first-order chi connectivity index (χ1) is 9.49. The maximum absolute atomic E-state index is 12.2. The van der Waals surface area contributed by atoms with Gasteiger partial charge in [-0.1, -0.05) is 46.3 Å². The molecule has 0 saturated heterocycles. The van der Waals surface area contributed by atoms with Crippen LogP contribution in [0.4, 0.5) is 5.69 Å². The third kappa shape index (κ3) is 3.23. The summed E-state index contributed by atoms with van der Waals surface area (Å²) in [5, 5.41) is 2.83. The van der Waals surface area contributed by atoms with Gasteiger partial charge < -0.3 is 11.1 Å². The zero-order chi connectivity index (χ0) is 14.7. The molecule has 0 unspecified atom stereocenters. The summed E-state index contributed by atoms with van der Waals surface area (Å²) in [6.45, 7) is 1.97. The fourth-order valence-electron chi connectivity index (χ4n) is 1.74. The molecule has 0 aromatic heterocycles. The molecular formula is C15H13BrN2OS. The average Bonchev–Trinajstić information content (AvgIpc) is 2.42. The Bertz CT molecular complexity index is 685. The van der Waals surface area contributed by atoms with Gasteiger partial charge in [0.25, 0.3) is 5.91 Å². The number of carbonyl (C=O) groups is 1. The Balaban J connectivity index is 2.28. The predicted octanol–water partition coefficient (Wildman–Crippen LogP) is 3.64. The van der Waals surface area contributed by atoms with Crippen LogP contribution >= 0.6 is 28.1 Å². The van der Waals surface area contributed by atoms with Gasteiger partial charge in [0.1, 0.15) is 4.99 Å². The molecule has 0 aliphatic heterocycles. The van der Waals surface area contributed by atoms with Gasteiger partial charge in [-0.15, -0.1) is 0 Å². The Labute approximate surface area is 131 Å². The summed E-state index contributed by atoms with van der Waals surface area (Å²) in [4.78, 5) is 12.5. The molecule has 3 nitrogen and oxygen atoms in total. The number of nitrogens with two attached hydrogens (primary N) is 1. The smallest absolute Gasteiger partial charge is 0.255 e. The standard InChI is InChI=1S/C15H13BrN2OS/c1-9-6-7-10(8-12(9)16)15(19)18-13-5-3-2-4-11(13)14(17)20/h2-8H,1H3,(H2,17,20)(H,18,19). The molecule has 0 fully saturated rings. The summed E-state index contributed by atoms with van der Waals surface area (Å²) in [6, 6.07) is 12.7. The van der Waals surface area contributed by atoms with Crippen molar-refractivity contribution >= 4 is 44.7 Å². The van der Waals surface area contributed by atoms with E-state index in [4.69, 9.17) is 18.0 Å². The number of halogens is 1. The Morgan fingerprint density at radius 1 is 1.25 bits per heavy atom. The van der Waals surface area contributed by atoms with Gasteiger partial charge in [0.05, 0.1) is 5.69 Å². The number of carbonyl (C=O) groups excluding carboxylic acids is 1. The topological polar surface area (TPSA) is 55.1 Å². The van der Waals surface area contributed by atoms with Crippen molar-refractivity contribution in [1.82, 2.24) is 0 Å². The summed E-state index contributed by atoms with van der Waals surface area (Å²) < 4.78 is 0.896. The Kier molecular flexibility index (Phi) is 4.52. The Morgan fingerprint density at radius 3 is 2.60 bits per heavy atom. The molecule has 2 aromatic carbocycles. The van der Waals surface area contributed by atoms with E-state index in [9.17, 15) is 4.79 Å². The number of amides is 1. The average molecular weight is 349 g/mol. The Morgan fingerprint density at radius 2 is 1.95 bits per heavy atom. The van der Waals surface area contributed by atoms with Crippen molar-refractivity contribution in [3.05, 3.63) is 63.6 Å².